The second-order valence-corrected chi connectivity index (χ2v) is 4.26. The molecule has 0 atom stereocenters. The molecule has 0 aliphatic heterocycles. The van der Waals surface area contributed by atoms with Crippen molar-refractivity contribution in [3.63, 3.8) is 0 Å². The van der Waals surface area contributed by atoms with Crippen LogP contribution in [-0.4, -0.2) is 31.0 Å². The molecule has 1 heterocycles. The van der Waals surface area contributed by atoms with Crippen LogP contribution in [0, 0.1) is 0 Å². The van der Waals surface area contributed by atoms with E-state index < -0.39 is 24.8 Å². The molecular weight excluding hydrogens is 291 g/mol. The third-order valence-electron chi connectivity index (χ3n) is 1.90. The first-order chi connectivity index (χ1) is 8.82. The number of hydrogen-bond donors (Lipinski definition) is 2. The van der Waals surface area contributed by atoms with E-state index in [1.165, 1.54) is 7.05 Å². The van der Waals surface area contributed by atoms with Crippen LogP contribution in [0.4, 0.5) is 22.0 Å². The molecule has 1 aromatic heterocycles. The summed E-state index contributed by atoms with van der Waals surface area (Å²) < 4.78 is 60.7. The Morgan fingerprint density at radius 3 is 2.58 bits per heavy atom. The van der Waals surface area contributed by atoms with Crippen molar-refractivity contribution in [2.45, 2.75) is 19.1 Å². The van der Waals surface area contributed by atoms with Crippen LogP contribution in [0.2, 0.25) is 0 Å². The molecule has 0 aromatic carbocycles. The van der Waals surface area contributed by atoms with Crippen LogP contribution in [0.1, 0.15) is 10.7 Å². The van der Waals surface area contributed by atoms with Crippen molar-refractivity contribution in [1.82, 2.24) is 15.6 Å². The van der Waals surface area contributed by atoms with Gasteiger partial charge in [-0.05, 0) is 0 Å². The third kappa shape index (κ3) is 5.37. The van der Waals surface area contributed by atoms with Crippen LogP contribution in [0.25, 0.3) is 0 Å². The van der Waals surface area contributed by atoms with Crippen molar-refractivity contribution in [2.75, 3.05) is 13.6 Å². The lowest BCUT2D eigenvalue weighted by Gasteiger charge is -2.10. The predicted molar refractivity (Wildman–Crippen MR) is 61.3 cm³/mol. The summed E-state index contributed by atoms with van der Waals surface area (Å²) in [5, 5.41) is 5.99. The van der Waals surface area contributed by atoms with Gasteiger partial charge in [-0.1, -0.05) is 0 Å². The number of hydrogen-bond acceptors (Lipinski definition) is 3. The average Bonchev–Trinajstić information content (AvgIpc) is 2.77. The summed E-state index contributed by atoms with van der Waals surface area (Å²) in [6, 6.07) is 0. The maximum Gasteiger partial charge on any atom is 0.434 e. The highest BCUT2D eigenvalue weighted by Gasteiger charge is 2.33. The van der Waals surface area contributed by atoms with E-state index in [9.17, 15) is 22.0 Å². The summed E-state index contributed by atoms with van der Waals surface area (Å²) in [6.07, 6.45) is -7.03. The molecule has 0 aliphatic carbocycles. The van der Waals surface area contributed by atoms with Crippen LogP contribution < -0.4 is 10.6 Å². The number of halogens is 5. The Labute approximate surface area is 109 Å². The molecule has 0 radical (unpaired) electrons. The van der Waals surface area contributed by atoms with Gasteiger partial charge in [-0.15, -0.1) is 11.3 Å². The van der Waals surface area contributed by atoms with Gasteiger partial charge in [-0.25, -0.2) is 13.8 Å². The Kier molecular flexibility index (Phi) is 5.45. The van der Waals surface area contributed by atoms with Crippen LogP contribution in [0.15, 0.2) is 10.4 Å². The molecule has 0 fully saturated rings. The Morgan fingerprint density at radius 1 is 1.42 bits per heavy atom. The maximum absolute atomic E-state index is 12.3. The normalized spacial score (nSPS) is 12.9. The van der Waals surface area contributed by atoms with Gasteiger partial charge in [0.2, 0.25) is 0 Å². The maximum atomic E-state index is 12.3. The van der Waals surface area contributed by atoms with Crippen molar-refractivity contribution in [3.05, 3.63) is 16.1 Å². The van der Waals surface area contributed by atoms with E-state index in [1.54, 1.807) is 0 Å². The highest BCUT2D eigenvalue weighted by Crippen LogP contribution is 2.29. The fourth-order valence-electron chi connectivity index (χ4n) is 1.08. The third-order valence-corrected chi connectivity index (χ3v) is 2.75. The zero-order chi connectivity index (χ0) is 14.5. The van der Waals surface area contributed by atoms with E-state index in [2.05, 4.69) is 20.6 Å². The Balaban J connectivity index is 2.49. The van der Waals surface area contributed by atoms with Gasteiger partial charge in [-0.2, -0.15) is 13.2 Å². The Bertz CT molecular complexity index is 428. The molecule has 0 spiro atoms. The first-order valence-electron chi connectivity index (χ1n) is 5.07. The number of rotatable bonds is 4. The summed E-state index contributed by atoms with van der Waals surface area (Å²) >= 11 is 0.829. The lowest BCUT2D eigenvalue weighted by molar-refractivity contribution is -0.140. The molecule has 0 bridgehead atoms. The molecule has 108 valence electrons. The molecular formula is C9H11F5N4S. The van der Waals surface area contributed by atoms with Crippen molar-refractivity contribution in [1.29, 1.82) is 0 Å². The lowest BCUT2D eigenvalue weighted by atomic mass is 10.5. The van der Waals surface area contributed by atoms with Crippen LogP contribution >= 0.6 is 11.3 Å². The monoisotopic (exact) mass is 302 g/mol. The standard InChI is InChI=1S/C9H11F5N4S/c1-15-8(16-2-6(10)11)17-3-7-18-5(4-19-7)9(12,13)14/h4,6H,2-3H2,1H3,(H2,15,16,17). The molecule has 0 saturated carbocycles. The molecule has 10 heteroatoms. The number of guanidine groups is 1. The van der Waals surface area contributed by atoms with Crippen molar-refractivity contribution in [2.24, 2.45) is 4.99 Å². The van der Waals surface area contributed by atoms with E-state index >= 15 is 0 Å². The minimum Gasteiger partial charge on any atom is -0.351 e. The van der Waals surface area contributed by atoms with Gasteiger partial charge in [0, 0.05) is 12.4 Å². The summed E-state index contributed by atoms with van der Waals surface area (Å²) in [5.41, 5.74) is -0.968. The predicted octanol–water partition coefficient (Wildman–Crippen LogP) is 2.09. The zero-order valence-corrected chi connectivity index (χ0v) is 10.6. The second kappa shape index (κ2) is 6.64. The molecule has 0 saturated heterocycles. The largest absolute Gasteiger partial charge is 0.434 e. The summed E-state index contributed by atoms with van der Waals surface area (Å²) in [7, 11) is 1.36. The number of aliphatic imine (C=N–C) groups is 1. The molecule has 0 unspecified atom stereocenters. The van der Waals surface area contributed by atoms with E-state index in [0.717, 1.165) is 16.7 Å². The van der Waals surface area contributed by atoms with E-state index in [-0.39, 0.29) is 17.5 Å². The van der Waals surface area contributed by atoms with Crippen molar-refractivity contribution >= 4 is 17.3 Å². The first kappa shape index (κ1) is 15.6. The van der Waals surface area contributed by atoms with Gasteiger partial charge >= 0.3 is 6.18 Å². The average molecular weight is 302 g/mol. The van der Waals surface area contributed by atoms with Gasteiger partial charge in [0.15, 0.2) is 11.7 Å². The fraction of sp³-hybridized carbons (Fsp3) is 0.556. The van der Waals surface area contributed by atoms with Crippen LogP contribution in [0.5, 0.6) is 0 Å². The molecule has 4 nitrogen and oxygen atoms in total. The van der Waals surface area contributed by atoms with Gasteiger partial charge in [-0.3, -0.25) is 4.99 Å². The number of nitrogens with one attached hydrogen (secondary N) is 2. The molecule has 2 N–H and O–H groups in total. The quantitative estimate of drug-likeness (QED) is 0.509. The van der Waals surface area contributed by atoms with Gasteiger partial charge < -0.3 is 10.6 Å². The first-order valence-corrected chi connectivity index (χ1v) is 5.95. The molecule has 1 aromatic rings. The van der Waals surface area contributed by atoms with Gasteiger partial charge in [0.25, 0.3) is 6.43 Å². The van der Waals surface area contributed by atoms with E-state index in [4.69, 9.17) is 0 Å². The highest BCUT2D eigenvalue weighted by atomic mass is 32.1. The Morgan fingerprint density at radius 2 is 2.11 bits per heavy atom. The molecule has 1 rings (SSSR count). The number of nitrogens with zero attached hydrogens (tertiary/aromatic N) is 2. The second-order valence-electron chi connectivity index (χ2n) is 3.32. The van der Waals surface area contributed by atoms with Crippen molar-refractivity contribution in [3.8, 4) is 0 Å². The van der Waals surface area contributed by atoms with Gasteiger partial charge in [0.1, 0.15) is 5.01 Å². The van der Waals surface area contributed by atoms with Crippen LogP contribution in [0.3, 0.4) is 0 Å². The zero-order valence-electron chi connectivity index (χ0n) is 9.76. The number of alkyl halides is 5. The SMILES string of the molecule is CN=C(NCc1nc(C(F)(F)F)cs1)NCC(F)F. The summed E-state index contributed by atoms with van der Waals surface area (Å²) in [6.45, 7) is -0.616. The topological polar surface area (TPSA) is 49.3 Å². The minimum atomic E-state index is -4.48. The lowest BCUT2D eigenvalue weighted by Crippen LogP contribution is -2.39. The molecule has 0 amide bonds. The van der Waals surface area contributed by atoms with Gasteiger partial charge in [0.05, 0.1) is 13.1 Å². The molecule has 0 aliphatic rings. The summed E-state index contributed by atoms with van der Waals surface area (Å²) in [4.78, 5) is 7.03. The number of aromatic nitrogens is 1. The highest BCUT2D eigenvalue weighted by molar-refractivity contribution is 7.09. The molecule has 19 heavy (non-hydrogen) atoms. The smallest absolute Gasteiger partial charge is 0.351 e. The number of thiazole rings is 1. The fourth-order valence-corrected chi connectivity index (χ4v) is 1.82. The minimum absolute atomic E-state index is 0.0241. The summed E-state index contributed by atoms with van der Waals surface area (Å²) in [5.74, 6) is 0.0732. The van der Waals surface area contributed by atoms with Crippen molar-refractivity contribution < 1.29 is 22.0 Å². The van der Waals surface area contributed by atoms with Crippen LogP contribution in [-0.2, 0) is 12.7 Å². The Hall–Kier alpha value is -1.45. The van der Waals surface area contributed by atoms with E-state index in [0.29, 0.717) is 0 Å². The van der Waals surface area contributed by atoms with E-state index in [1.807, 2.05) is 0 Å².